The zero-order chi connectivity index (χ0) is 26.2. The highest BCUT2D eigenvalue weighted by molar-refractivity contribution is 6.06. The lowest BCUT2D eigenvalue weighted by molar-refractivity contribution is -0.122. The van der Waals surface area contributed by atoms with Gasteiger partial charge in [0.15, 0.2) is 11.8 Å². The van der Waals surface area contributed by atoms with Crippen LogP contribution in [-0.2, 0) is 16.1 Å². The van der Waals surface area contributed by atoms with Crippen molar-refractivity contribution in [2.75, 3.05) is 19.0 Å². The zero-order valence-corrected chi connectivity index (χ0v) is 21.1. The molecular formula is C30H30N2O5. The second-order valence-electron chi connectivity index (χ2n) is 8.39. The van der Waals surface area contributed by atoms with Crippen molar-refractivity contribution in [2.24, 2.45) is 0 Å². The van der Waals surface area contributed by atoms with Crippen LogP contribution in [0.25, 0.3) is 11.1 Å². The molecule has 37 heavy (non-hydrogen) atoms. The summed E-state index contributed by atoms with van der Waals surface area (Å²) in [6, 6.07) is 26.3. The van der Waals surface area contributed by atoms with Gasteiger partial charge in [-0.1, -0.05) is 60.7 Å². The van der Waals surface area contributed by atoms with Gasteiger partial charge < -0.3 is 24.1 Å². The molecule has 0 aliphatic heterocycles. The van der Waals surface area contributed by atoms with Crippen LogP contribution in [0.2, 0.25) is 0 Å². The molecule has 1 aromatic heterocycles. The van der Waals surface area contributed by atoms with Crippen LogP contribution in [0.4, 0.5) is 5.69 Å². The van der Waals surface area contributed by atoms with Crippen molar-refractivity contribution < 1.29 is 23.8 Å². The van der Waals surface area contributed by atoms with Crippen molar-refractivity contribution in [1.29, 1.82) is 0 Å². The number of hydrogen-bond acceptors (Lipinski definition) is 5. The number of benzene rings is 3. The number of hydrogen-bond donors (Lipinski definition) is 1. The molecule has 1 heterocycles. The molecular weight excluding hydrogens is 468 g/mol. The highest BCUT2D eigenvalue weighted by Crippen LogP contribution is 2.35. The molecule has 1 amide bonds. The first-order valence-corrected chi connectivity index (χ1v) is 12.1. The molecule has 190 valence electrons. The maximum absolute atomic E-state index is 13.3. The van der Waals surface area contributed by atoms with Gasteiger partial charge in [0.25, 0.3) is 5.91 Å². The maximum Gasteiger partial charge on any atom is 0.357 e. The minimum Gasteiger partial charge on any atom is -0.497 e. The van der Waals surface area contributed by atoms with Crippen LogP contribution in [0.15, 0.2) is 91.1 Å². The summed E-state index contributed by atoms with van der Waals surface area (Å²) in [5.41, 5.74) is 3.12. The molecule has 4 rings (SSSR count). The maximum atomic E-state index is 13.3. The summed E-state index contributed by atoms with van der Waals surface area (Å²) < 4.78 is 18.3. The zero-order valence-electron chi connectivity index (χ0n) is 21.1. The molecule has 4 aromatic rings. The highest BCUT2D eigenvalue weighted by Gasteiger charge is 2.27. The van der Waals surface area contributed by atoms with Crippen LogP contribution in [0, 0.1) is 0 Å². The summed E-state index contributed by atoms with van der Waals surface area (Å²) in [5, 5.41) is 2.95. The Morgan fingerprint density at radius 2 is 1.54 bits per heavy atom. The molecule has 0 unspecified atom stereocenters. The van der Waals surface area contributed by atoms with Gasteiger partial charge in [-0.05, 0) is 49.2 Å². The summed E-state index contributed by atoms with van der Waals surface area (Å²) in [5.74, 6) is 0.369. The second-order valence-corrected chi connectivity index (χ2v) is 8.39. The Morgan fingerprint density at radius 3 is 2.16 bits per heavy atom. The monoisotopic (exact) mass is 498 g/mol. The number of nitrogens with zero attached hydrogens (tertiary/aromatic N) is 1. The largest absolute Gasteiger partial charge is 0.497 e. The first kappa shape index (κ1) is 25.6. The predicted octanol–water partition coefficient (Wildman–Crippen LogP) is 5.79. The number of anilines is 1. The van der Waals surface area contributed by atoms with Crippen LogP contribution in [0.3, 0.4) is 0 Å². The summed E-state index contributed by atoms with van der Waals surface area (Å²) in [6.45, 7) is 4.04. The predicted molar refractivity (Wildman–Crippen MR) is 143 cm³/mol. The topological polar surface area (TPSA) is 78.8 Å². The van der Waals surface area contributed by atoms with Gasteiger partial charge in [-0.3, -0.25) is 4.79 Å². The van der Waals surface area contributed by atoms with E-state index in [4.69, 9.17) is 14.2 Å². The SMILES string of the molecule is CCOC(=O)c1c(NC(=O)[C@H](C)Oc2ccccc2)c(-c2ccc(OC)cc2)cn1Cc1ccccc1. The van der Waals surface area contributed by atoms with Crippen LogP contribution in [0.1, 0.15) is 29.9 Å². The van der Waals surface area contributed by atoms with E-state index in [1.807, 2.05) is 83.6 Å². The molecule has 0 aliphatic carbocycles. The Kier molecular flexibility index (Phi) is 8.26. The Balaban J connectivity index is 1.77. The first-order chi connectivity index (χ1) is 18.0. The average Bonchev–Trinajstić information content (AvgIpc) is 3.27. The Labute approximate surface area is 216 Å². The molecule has 0 saturated carbocycles. The normalized spacial score (nSPS) is 11.4. The lowest BCUT2D eigenvalue weighted by Crippen LogP contribution is -2.31. The molecule has 0 bridgehead atoms. The number of methoxy groups -OCH3 is 1. The van der Waals surface area contributed by atoms with E-state index in [1.54, 1.807) is 33.1 Å². The molecule has 3 aromatic carbocycles. The smallest absolute Gasteiger partial charge is 0.357 e. The summed E-state index contributed by atoms with van der Waals surface area (Å²) in [7, 11) is 1.60. The minimum atomic E-state index is -0.807. The van der Waals surface area contributed by atoms with Crippen LogP contribution in [-0.4, -0.2) is 36.3 Å². The quantitative estimate of drug-likeness (QED) is 0.280. The molecule has 1 N–H and O–H groups in total. The van der Waals surface area contributed by atoms with Crippen molar-refractivity contribution in [2.45, 2.75) is 26.5 Å². The van der Waals surface area contributed by atoms with Crippen molar-refractivity contribution in [3.63, 3.8) is 0 Å². The number of esters is 1. The van der Waals surface area contributed by atoms with Gasteiger partial charge >= 0.3 is 5.97 Å². The van der Waals surface area contributed by atoms with E-state index in [-0.39, 0.29) is 18.2 Å². The van der Waals surface area contributed by atoms with Gasteiger partial charge in [0.05, 0.1) is 19.4 Å². The number of para-hydroxylation sites is 1. The van der Waals surface area contributed by atoms with Crippen molar-refractivity contribution in [3.05, 3.63) is 102 Å². The number of ether oxygens (including phenoxy) is 3. The number of carbonyl (C=O) groups is 2. The lowest BCUT2D eigenvalue weighted by atomic mass is 10.1. The van der Waals surface area contributed by atoms with Gasteiger partial charge in [-0.2, -0.15) is 0 Å². The molecule has 7 heteroatoms. The lowest BCUT2D eigenvalue weighted by Gasteiger charge is -2.16. The van der Waals surface area contributed by atoms with Gasteiger partial charge in [-0.25, -0.2) is 4.79 Å². The van der Waals surface area contributed by atoms with Gasteiger partial charge in [-0.15, -0.1) is 0 Å². The summed E-state index contributed by atoms with van der Waals surface area (Å²) in [4.78, 5) is 26.5. The standard InChI is InChI=1S/C30H30N2O5/c1-4-36-30(34)28-27(31-29(33)21(2)37-25-13-9-6-10-14-25)26(23-15-17-24(35-3)18-16-23)20-32(28)19-22-11-7-5-8-12-22/h5-18,20-21H,4,19H2,1-3H3,(H,31,33)/t21-/m0/s1. The number of rotatable bonds is 10. The van der Waals surface area contributed by atoms with E-state index in [9.17, 15) is 9.59 Å². The summed E-state index contributed by atoms with van der Waals surface area (Å²) >= 11 is 0. The third-order valence-corrected chi connectivity index (χ3v) is 5.82. The number of nitrogens with one attached hydrogen (secondary N) is 1. The highest BCUT2D eigenvalue weighted by atomic mass is 16.5. The van der Waals surface area contributed by atoms with Crippen molar-refractivity contribution in [1.82, 2.24) is 4.57 Å². The van der Waals surface area contributed by atoms with E-state index >= 15 is 0 Å². The fourth-order valence-corrected chi connectivity index (χ4v) is 3.98. The van der Waals surface area contributed by atoms with E-state index in [1.165, 1.54) is 0 Å². The number of aromatic nitrogens is 1. The van der Waals surface area contributed by atoms with E-state index in [2.05, 4.69) is 5.32 Å². The summed E-state index contributed by atoms with van der Waals surface area (Å²) in [6.07, 6.45) is 1.05. The Bertz CT molecular complexity index is 1330. The molecule has 0 spiro atoms. The molecule has 1 atom stereocenters. The van der Waals surface area contributed by atoms with Crippen molar-refractivity contribution in [3.8, 4) is 22.6 Å². The molecule has 7 nitrogen and oxygen atoms in total. The fraction of sp³-hybridized carbons (Fsp3) is 0.200. The molecule has 0 saturated heterocycles. The van der Waals surface area contributed by atoms with Crippen molar-refractivity contribution >= 4 is 17.6 Å². The molecule has 0 radical (unpaired) electrons. The Morgan fingerprint density at radius 1 is 0.892 bits per heavy atom. The minimum absolute atomic E-state index is 0.203. The van der Waals surface area contributed by atoms with E-state index < -0.39 is 12.1 Å². The van der Waals surface area contributed by atoms with E-state index in [0.29, 0.717) is 29.3 Å². The molecule has 0 fully saturated rings. The first-order valence-electron chi connectivity index (χ1n) is 12.1. The second kappa shape index (κ2) is 11.9. The molecule has 0 aliphatic rings. The van der Waals surface area contributed by atoms with E-state index in [0.717, 1.165) is 11.1 Å². The third kappa shape index (κ3) is 6.19. The van der Waals surface area contributed by atoms with Gasteiger partial charge in [0.1, 0.15) is 11.5 Å². The number of carbonyl (C=O) groups excluding carboxylic acids is 2. The fourth-order valence-electron chi connectivity index (χ4n) is 3.98. The van der Waals surface area contributed by atoms with Gasteiger partial charge in [0.2, 0.25) is 0 Å². The number of amides is 1. The third-order valence-electron chi connectivity index (χ3n) is 5.82. The van der Waals surface area contributed by atoms with Crippen LogP contribution >= 0.6 is 0 Å². The van der Waals surface area contributed by atoms with Crippen LogP contribution < -0.4 is 14.8 Å². The van der Waals surface area contributed by atoms with Crippen LogP contribution in [0.5, 0.6) is 11.5 Å². The Hall–Kier alpha value is -4.52. The average molecular weight is 499 g/mol. The van der Waals surface area contributed by atoms with Gasteiger partial charge in [0, 0.05) is 18.3 Å².